The molecule has 0 bridgehead atoms. The van der Waals surface area contributed by atoms with Crippen molar-refractivity contribution in [3.63, 3.8) is 0 Å². The molecule has 0 amide bonds. The lowest BCUT2D eigenvalue weighted by molar-refractivity contribution is -0.163. The molecule has 0 radical (unpaired) electrons. The van der Waals surface area contributed by atoms with Crippen LogP contribution < -0.4 is 0 Å². The van der Waals surface area contributed by atoms with Gasteiger partial charge in [0.05, 0.1) is 18.1 Å². The Morgan fingerprint density at radius 1 is 1.50 bits per heavy atom. The van der Waals surface area contributed by atoms with Crippen molar-refractivity contribution in [1.82, 2.24) is 0 Å². The van der Waals surface area contributed by atoms with Crippen LogP contribution in [-0.2, 0) is 19.4 Å². The summed E-state index contributed by atoms with van der Waals surface area (Å²) in [4.78, 5) is 11.1. The Morgan fingerprint density at radius 2 is 2.00 bits per heavy atom. The van der Waals surface area contributed by atoms with Gasteiger partial charge in [-0.3, -0.25) is 0 Å². The number of hydrogen-bond donors (Lipinski definition) is 1. The number of carbonyl (C=O) groups is 1. The van der Waals surface area contributed by atoms with Crippen molar-refractivity contribution >= 4 is 15.8 Å². The van der Waals surface area contributed by atoms with E-state index in [0.717, 1.165) is 0 Å². The summed E-state index contributed by atoms with van der Waals surface area (Å²) < 4.78 is 40.7. The Balaban J connectivity index is 2.69. The molecule has 1 fully saturated rings. The van der Waals surface area contributed by atoms with E-state index in [4.69, 9.17) is 0 Å². The summed E-state index contributed by atoms with van der Waals surface area (Å²) in [6, 6.07) is 0. The number of aliphatic hydroxyl groups is 1. The number of aliphatic hydroxyl groups excluding tert-OH is 1. The smallest absolute Gasteiger partial charge is 0.338 e. The summed E-state index contributed by atoms with van der Waals surface area (Å²) in [6.45, 7) is 1.59. The van der Waals surface area contributed by atoms with Gasteiger partial charge < -0.3 is 9.84 Å². The molecule has 5 nitrogen and oxygen atoms in total. The molecule has 0 spiro atoms. The molecule has 0 saturated carbocycles. The number of sulfone groups is 1. The van der Waals surface area contributed by atoms with Crippen molar-refractivity contribution in [2.24, 2.45) is 0 Å². The van der Waals surface area contributed by atoms with Crippen LogP contribution in [0, 0.1) is 0 Å². The van der Waals surface area contributed by atoms with Crippen LogP contribution in [0.2, 0.25) is 0 Å². The molecule has 0 aromatic carbocycles. The average molecular weight is 254 g/mol. The summed E-state index contributed by atoms with van der Waals surface area (Å²) in [5, 5.41) is 9.46. The molecule has 0 aliphatic carbocycles. The first kappa shape index (κ1) is 13.4. The predicted molar refractivity (Wildman–Crippen MR) is 54.4 cm³/mol. The summed E-state index contributed by atoms with van der Waals surface area (Å²) in [6.07, 6.45) is -2.63. The zero-order valence-corrected chi connectivity index (χ0v) is 9.80. The van der Waals surface area contributed by atoms with E-state index in [1.165, 1.54) is 0 Å². The van der Waals surface area contributed by atoms with Crippen LogP contribution >= 0.6 is 0 Å². The van der Waals surface area contributed by atoms with Gasteiger partial charge in [0.25, 0.3) is 0 Å². The Labute approximate surface area is 93.5 Å². The molecule has 1 atom stereocenters. The van der Waals surface area contributed by atoms with Gasteiger partial charge in [0.1, 0.15) is 5.67 Å². The molecule has 1 unspecified atom stereocenters. The highest BCUT2D eigenvalue weighted by molar-refractivity contribution is 7.91. The first-order chi connectivity index (χ1) is 7.31. The minimum atomic E-state index is -3.23. The van der Waals surface area contributed by atoms with E-state index in [0.29, 0.717) is 0 Å². The standard InChI is InChI=1S/C9H15FO5S/c1-2-15-8(12)7(11)9(10)3-5-16(13,14)6-4-9/h7,11H,2-6H2,1H3. The number of hydrogen-bond acceptors (Lipinski definition) is 5. The molecule has 1 aliphatic heterocycles. The summed E-state index contributed by atoms with van der Waals surface area (Å²) in [5.74, 6) is -1.73. The van der Waals surface area contributed by atoms with Crippen molar-refractivity contribution in [1.29, 1.82) is 0 Å². The summed E-state index contributed by atoms with van der Waals surface area (Å²) >= 11 is 0. The third kappa shape index (κ3) is 2.91. The van der Waals surface area contributed by atoms with Crippen LogP contribution in [0.1, 0.15) is 19.8 Å². The minimum absolute atomic E-state index is 0.0459. The van der Waals surface area contributed by atoms with Crippen LogP contribution in [0.15, 0.2) is 0 Å². The molecule has 1 heterocycles. The van der Waals surface area contributed by atoms with Crippen molar-refractivity contribution < 1.29 is 27.4 Å². The second-order valence-corrected chi connectivity index (χ2v) is 6.14. The second-order valence-electron chi connectivity index (χ2n) is 3.84. The van der Waals surface area contributed by atoms with Gasteiger partial charge in [-0.05, 0) is 19.8 Å². The number of esters is 1. The Kier molecular flexibility index (Phi) is 3.90. The van der Waals surface area contributed by atoms with Crippen molar-refractivity contribution in [3.05, 3.63) is 0 Å². The van der Waals surface area contributed by atoms with E-state index in [9.17, 15) is 22.7 Å². The first-order valence-corrected chi connectivity index (χ1v) is 6.87. The highest BCUT2D eigenvalue weighted by atomic mass is 32.2. The molecule has 1 aliphatic rings. The lowest BCUT2D eigenvalue weighted by atomic mass is 9.92. The van der Waals surface area contributed by atoms with E-state index in [1.807, 2.05) is 0 Å². The fraction of sp³-hybridized carbons (Fsp3) is 0.889. The minimum Gasteiger partial charge on any atom is -0.464 e. The monoisotopic (exact) mass is 254 g/mol. The Hall–Kier alpha value is -0.690. The topological polar surface area (TPSA) is 80.7 Å². The zero-order valence-electron chi connectivity index (χ0n) is 8.98. The maximum absolute atomic E-state index is 14.1. The molecule has 16 heavy (non-hydrogen) atoms. The van der Waals surface area contributed by atoms with Gasteiger partial charge in [-0.15, -0.1) is 0 Å². The number of rotatable bonds is 3. The molecule has 94 valence electrons. The number of alkyl halides is 1. The maximum atomic E-state index is 14.1. The van der Waals surface area contributed by atoms with Crippen LogP contribution in [0.25, 0.3) is 0 Å². The lowest BCUT2D eigenvalue weighted by Gasteiger charge is -2.32. The highest BCUT2D eigenvalue weighted by Crippen LogP contribution is 2.31. The van der Waals surface area contributed by atoms with E-state index in [1.54, 1.807) is 6.92 Å². The summed E-state index contributed by atoms with van der Waals surface area (Å²) in [7, 11) is -3.23. The van der Waals surface area contributed by atoms with Crippen molar-refractivity contribution in [2.75, 3.05) is 18.1 Å². The molecular formula is C9H15FO5S. The van der Waals surface area contributed by atoms with Crippen LogP contribution in [-0.4, -0.2) is 49.4 Å². The average Bonchev–Trinajstić information content (AvgIpc) is 2.22. The maximum Gasteiger partial charge on any atom is 0.338 e. The molecule has 0 aromatic heterocycles. The van der Waals surface area contributed by atoms with E-state index in [-0.39, 0.29) is 31.0 Å². The third-order valence-corrected chi connectivity index (χ3v) is 4.31. The predicted octanol–water partition coefficient (Wildman–Crippen LogP) is -0.173. The second kappa shape index (κ2) is 4.67. The van der Waals surface area contributed by atoms with Crippen LogP contribution in [0.5, 0.6) is 0 Å². The number of ether oxygens (including phenoxy) is 1. The van der Waals surface area contributed by atoms with E-state index < -0.39 is 27.6 Å². The fourth-order valence-electron chi connectivity index (χ4n) is 1.58. The van der Waals surface area contributed by atoms with E-state index >= 15 is 0 Å². The normalized spacial score (nSPS) is 24.7. The van der Waals surface area contributed by atoms with Crippen LogP contribution in [0.3, 0.4) is 0 Å². The lowest BCUT2D eigenvalue weighted by Crippen LogP contribution is -2.49. The van der Waals surface area contributed by atoms with Gasteiger partial charge in [-0.1, -0.05) is 0 Å². The zero-order chi connectivity index (χ0) is 12.4. The highest BCUT2D eigenvalue weighted by Gasteiger charge is 2.47. The van der Waals surface area contributed by atoms with Crippen molar-refractivity contribution in [2.45, 2.75) is 31.5 Å². The van der Waals surface area contributed by atoms with Gasteiger partial charge in [-0.25, -0.2) is 17.6 Å². The van der Waals surface area contributed by atoms with Gasteiger partial charge in [0.15, 0.2) is 15.9 Å². The molecular weight excluding hydrogens is 239 g/mol. The van der Waals surface area contributed by atoms with Gasteiger partial charge in [-0.2, -0.15) is 0 Å². The number of halogens is 1. The first-order valence-electron chi connectivity index (χ1n) is 5.05. The Bertz CT molecular complexity index is 350. The molecule has 0 aromatic rings. The SMILES string of the molecule is CCOC(=O)C(O)C1(F)CCS(=O)(=O)CC1. The van der Waals surface area contributed by atoms with Crippen molar-refractivity contribution in [3.8, 4) is 0 Å². The fourth-order valence-corrected chi connectivity index (χ4v) is 3.09. The quantitative estimate of drug-likeness (QED) is 0.707. The molecule has 1 saturated heterocycles. The molecule has 7 heteroatoms. The van der Waals surface area contributed by atoms with E-state index in [2.05, 4.69) is 4.74 Å². The van der Waals surface area contributed by atoms with Gasteiger partial charge in [0, 0.05) is 0 Å². The number of carbonyl (C=O) groups excluding carboxylic acids is 1. The van der Waals surface area contributed by atoms with Gasteiger partial charge >= 0.3 is 5.97 Å². The molecule has 1 rings (SSSR count). The Morgan fingerprint density at radius 3 is 2.44 bits per heavy atom. The molecule has 1 N–H and O–H groups in total. The third-order valence-electron chi connectivity index (χ3n) is 2.66. The summed E-state index contributed by atoms with van der Waals surface area (Å²) in [5.41, 5.74) is -2.18. The van der Waals surface area contributed by atoms with Crippen LogP contribution in [0.4, 0.5) is 4.39 Å². The van der Waals surface area contributed by atoms with Gasteiger partial charge in [0.2, 0.25) is 0 Å². The largest absolute Gasteiger partial charge is 0.464 e.